The monoisotopic (exact) mass is 391 g/mol. The number of amides is 1. The molecule has 6 nitrogen and oxygen atoms in total. The third-order valence-corrected chi connectivity index (χ3v) is 5.62. The lowest BCUT2D eigenvalue weighted by atomic mass is 10.0. The van der Waals surface area contributed by atoms with Crippen molar-refractivity contribution in [2.24, 2.45) is 0 Å². The summed E-state index contributed by atoms with van der Waals surface area (Å²) in [6.07, 6.45) is 5.38. The van der Waals surface area contributed by atoms with E-state index in [0.29, 0.717) is 17.6 Å². The van der Waals surface area contributed by atoms with Crippen LogP contribution < -0.4 is 10.3 Å². The van der Waals surface area contributed by atoms with E-state index in [2.05, 4.69) is 4.98 Å². The van der Waals surface area contributed by atoms with Crippen LogP contribution in [0.4, 0.5) is 0 Å². The van der Waals surface area contributed by atoms with E-state index in [9.17, 15) is 9.59 Å². The fraction of sp³-hybridized carbons (Fsp3) is 0.348. The van der Waals surface area contributed by atoms with Crippen molar-refractivity contribution in [3.05, 3.63) is 70.6 Å². The standard InChI is InChI=1S/C23H25N3O3/c1-29-18-12-10-17(11-13-18)20-8-3-2-6-14-25(20)23(28)16-26-21-9-5-4-7-19(21)24-15-22(26)27/h4-5,7,9-13,15,20H,2-3,6,8,14,16H2,1H3/t20-/m0/s1. The Hall–Kier alpha value is -3.15. The number of fused-ring (bicyclic) bond motifs is 1. The summed E-state index contributed by atoms with van der Waals surface area (Å²) in [7, 11) is 1.65. The van der Waals surface area contributed by atoms with Gasteiger partial charge in [-0.25, -0.2) is 4.98 Å². The van der Waals surface area contributed by atoms with E-state index in [0.717, 1.165) is 37.0 Å². The predicted molar refractivity (Wildman–Crippen MR) is 112 cm³/mol. The number of hydrogen-bond acceptors (Lipinski definition) is 4. The van der Waals surface area contributed by atoms with Crippen LogP contribution in [0, 0.1) is 0 Å². The van der Waals surface area contributed by atoms with Crippen molar-refractivity contribution in [1.29, 1.82) is 0 Å². The number of para-hydroxylation sites is 2. The Kier molecular flexibility index (Phi) is 5.60. The van der Waals surface area contributed by atoms with E-state index in [1.165, 1.54) is 10.8 Å². The van der Waals surface area contributed by atoms with Crippen LogP contribution in [0.5, 0.6) is 5.75 Å². The highest BCUT2D eigenvalue weighted by Crippen LogP contribution is 2.31. The zero-order valence-corrected chi connectivity index (χ0v) is 16.6. The van der Waals surface area contributed by atoms with Crippen molar-refractivity contribution in [3.63, 3.8) is 0 Å². The number of likely N-dealkylation sites (tertiary alicyclic amines) is 1. The van der Waals surface area contributed by atoms with Gasteiger partial charge in [0.25, 0.3) is 5.56 Å². The Balaban J connectivity index is 1.65. The highest BCUT2D eigenvalue weighted by molar-refractivity contribution is 5.80. The molecule has 0 bridgehead atoms. The lowest BCUT2D eigenvalue weighted by molar-refractivity contribution is -0.134. The number of aromatic nitrogens is 2. The summed E-state index contributed by atoms with van der Waals surface area (Å²) in [5, 5.41) is 0. The molecule has 1 aliphatic heterocycles. The van der Waals surface area contributed by atoms with E-state index in [1.54, 1.807) is 7.11 Å². The maximum atomic E-state index is 13.3. The fourth-order valence-electron chi connectivity index (χ4n) is 4.08. The summed E-state index contributed by atoms with van der Waals surface area (Å²) in [5.74, 6) is 0.765. The molecule has 1 saturated heterocycles. The molecular weight excluding hydrogens is 366 g/mol. The van der Waals surface area contributed by atoms with E-state index >= 15 is 0 Å². The maximum Gasteiger partial charge on any atom is 0.269 e. The highest BCUT2D eigenvalue weighted by atomic mass is 16.5. The molecule has 3 aromatic rings. The number of hydrogen-bond donors (Lipinski definition) is 0. The zero-order valence-electron chi connectivity index (χ0n) is 16.6. The quantitative estimate of drug-likeness (QED) is 0.682. The first kappa shape index (κ1) is 19.2. The van der Waals surface area contributed by atoms with E-state index < -0.39 is 0 Å². The van der Waals surface area contributed by atoms with Crippen molar-refractivity contribution in [1.82, 2.24) is 14.5 Å². The number of carbonyl (C=O) groups is 1. The molecule has 1 aliphatic rings. The minimum Gasteiger partial charge on any atom is -0.497 e. The average Bonchev–Trinajstić information content (AvgIpc) is 3.02. The predicted octanol–water partition coefficient (Wildman–Crippen LogP) is 3.55. The minimum absolute atomic E-state index is 0.0136. The normalized spacial score (nSPS) is 17.1. The van der Waals surface area contributed by atoms with Gasteiger partial charge in [-0.1, -0.05) is 37.1 Å². The Labute approximate surface area is 169 Å². The molecule has 0 radical (unpaired) electrons. The van der Waals surface area contributed by atoms with Gasteiger partial charge in [-0.3, -0.25) is 14.2 Å². The molecule has 0 spiro atoms. The van der Waals surface area contributed by atoms with Gasteiger partial charge in [0.1, 0.15) is 12.3 Å². The third-order valence-electron chi connectivity index (χ3n) is 5.62. The number of ether oxygens (including phenoxy) is 1. The highest BCUT2D eigenvalue weighted by Gasteiger charge is 2.27. The van der Waals surface area contributed by atoms with E-state index in [-0.39, 0.29) is 24.1 Å². The van der Waals surface area contributed by atoms with Crippen LogP contribution in [0.2, 0.25) is 0 Å². The Bertz CT molecular complexity index is 1060. The second-order valence-corrected chi connectivity index (χ2v) is 7.40. The summed E-state index contributed by atoms with van der Waals surface area (Å²) in [6, 6.07) is 15.4. The van der Waals surface area contributed by atoms with Gasteiger partial charge in [0.05, 0.1) is 30.4 Å². The van der Waals surface area contributed by atoms with Crippen LogP contribution in [0.15, 0.2) is 59.5 Å². The SMILES string of the molecule is COc1ccc([C@@H]2CCCCCN2C(=O)Cn2c(=O)cnc3ccccc32)cc1. The zero-order chi connectivity index (χ0) is 20.2. The van der Waals surface area contributed by atoms with Crippen molar-refractivity contribution < 1.29 is 9.53 Å². The number of methoxy groups -OCH3 is 1. The Morgan fingerprint density at radius 3 is 2.69 bits per heavy atom. The molecule has 150 valence electrons. The first-order chi connectivity index (χ1) is 14.2. The molecule has 0 N–H and O–H groups in total. The summed E-state index contributed by atoms with van der Waals surface area (Å²) >= 11 is 0. The molecule has 29 heavy (non-hydrogen) atoms. The van der Waals surface area contributed by atoms with Crippen LogP contribution in [0.25, 0.3) is 11.0 Å². The van der Waals surface area contributed by atoms with Crippen molar-refractivity contribution >= 4 is 16.9 Å². The van der Waals surface area contributed by atoms with Crippen molar-refractivity contribution in [3.8, 4) is 5.75 Å². The van der Waals surface area contributed by atoms with Crippen LogP contribution in [-0.2, 0) is 11.3 Å². The minimum atomic E-state index is -0.257. The lowest BCUT2D eigenvalue weighted by Crippen LogP contribution is -2.39. The summed E-state index contributed by atoms with van der Waals surface area (Å²) < 4.78 is 6.79. The van der Waals surface area contributed by atoms with Gasteiger partial charge in [0.2, 0.25) is 5.91 Å². The largest absolute Gasteiger partial charge is 0.497 e. The molecule has 0 saturated carbocycles. The van der Waals surface area contributed by atoms with E-state index in [4.69, 9.17) is 4.74 Å². The fourth-order valence-corrected chi connectivity index (χ4v) is 4.08. The number of rotatable bonds is 4. The van der Waals surface area contributed by atoms with Crippen molar-refractivity contribution in [2.75, 3.05) is 13.7 Å². The molecule has 1 amide bonds. The molecule has 2 aromatic carbocycles. The molecule has 6 heteroatoms. The van der Waals surface area contributed by atoms with Gasteiger partial charge >= 0.3 is 0 Å². The van der Waals surface area contributed by atoms with Crippen LogP contribution in [-0.4, -0.2) is 34.0 Å². The lowest BCUT2D eigenvalue weighted by Gasteiger charge is -2.31. The van der Waals surface area contributed by atoms with Gasteiger partial charge in [-0.2, -0.15) is 0 Å². The third kappa shape index (κ3) is 4.01. The Morgan fingerprint density at radius 2 is 1.90 bits per heavy atom. The molecule has 1 aromatic heterocycles. The van der Waals surface area contributed by atoms with Gasteiger partial charge in [0, 0.05) is 6.54 Å². The molecule has 1 fully saturated rings. The van der Waals surface area contributed by atoms with Crippen molar-refractivity contribution in [2.45, 2.75) is 38.3 Å². The van der Waals surface area contributed by atoms with Gasteiger partial charge < -0.3 is 9.64 Å². The van der Waals surface area contributed by atoms with Crippen LogP contribution in [0.3, 0.4) is 0 Å². The molecule has 2 heterocycles. The summed E-state index contributed by atoms with van der Waals surface area (Å²) in [4.78, 5) is 31.9. The Morgan fingerprint density at radius 1 is 1.10 bits per heavy atom. The molecule has 0 unspecified atom stereocenters. The molecule has 0 aliphatic carbocycles. The van der Waals surface area contributed by atoms with E-state index in [1.807, 2.05) is 53.4 Å². The summed E-state index contributed by atoms with van der Waals surface area (Å²) in [6.45, 7) is 0.724. The van der Waals surface area contributed by atoms with Gasteiger partial charge in [-0.15, -0.1) is 0 Å². The number of nitrogens with zero attached hydrogens (tertiary/aromatic N) is 3. The second-order valence-electron chi connectivity index (χ2n) is 7.40. The average molecular weight is 391 g/mol. The molecule has 1 atom stereocenters. The number of carbonyl (C=O) groups excluding carboxylic acids is 1. The van der Waals surface area contributed by atoms with Gasteiger partial charge in [0.15, 0.2) is 0 Å². The smallest absolute Gasteiger partial charge is 0.269 e. The van der Waals surface area contributed by atoms with Crippen LogP contribution in [0.1, 0.15) is 37.3 Å². The first-order valence-corrected chi connectivity index (χ1v) is 10.1. The molecule has 4 rings (SSSR count). The molecular formula is C23H25N3O3. The summed E-state index contributed by atoms with van der Waals surface area (Å²) in [5.41, 5.74) is 2.24. The van der Waals surface area contributed by atoms with Crippen LogP contribution >= 0.6 is 0 Å². The topological polar surface area (TPSA) is 64.4 Å². The number of benzene rings is 2. The van der Waals surface area contributed by atoms with Gasteiger partial charge in [-0.05, 0) is 42.7 Å². The second kappa shape index (κ2) is 8.47. The maximum absolute atomic E-state index is 13.3. The first-order valence-electron chi connectivity index (χ1n) is 10.1.